The minimum Gasteiger partial charge on any atom is -0.507 e. The van der Waals surface area contributed by atoms with Crippen LogP contribution in [0.1, 0.15) is 13.8 Å². The first-order valence-corrected chi connectivity index (χ1v) is 8.63. The molecule has 4 rings (SSSR count). The van der Waals surface area contributed by atoms with Crippen molar-refractivity contribution < 1.29 is 5.11 Å². The van der Waals surface area contributed by atoms with Gasteiger partial charge in [-0.2, -0.15) is 5.10 Å². The summed E-state index contributed by atoms with van der Waals surface area (Å²) < 4.78 is 0. The third-order valence-corrected chi connectivity index (χ3v) is 4.50. The second-order valence-electron chi connectivity index (χ2n) is 6.74. The molecule has 2 unspecified atom stereocenters. The van der Waals surface area contributed by atoms with Gasteiger partial charge in [-0.1, -0.05) is 6.07 Å². The molecule has 0 aliphatic carbocycles. The maximum Gasteiger partial charge on any atom is 0.245 e. The highest BCUT2D eigenvalue weighted by molar-refractivity contribution is 5.85. The number of halogens is 2. The number of hydrogen-bond donors (Lipinski definition) is 3. The second-order valence-corrected chi connectivity index (χ2v) is 6.74. The summed E-state index contributed by atoms with van der Waals surface area (Å²) in [5.74, 6) is 0.750. The highest BCUT2D eigenvalue weighted by atomic mass is 35.5. The van der Waals surface area contributed by atoms with Crippen molar-refractivity contribution >= 4 is 30.8 Å². The number of hydrogen-bond acceptors (Lipinski definition) is 7. The minimum atomic E-state index is 0. The number of rotatable bonds is 3. The number of nitrogens with zero attached hydrogens (tertiary/aromatic N) is 5. The number of anilines is 1. The summed E-state index contributed by atoms with van der Waals surface area (Å²) in [4.78, 5) is 6.59. The molecule has 1 saturated heterocycles. The molecular formula is C18H23Cl2N7O. The first kappa shape index (κ1) is 21.9. The number of phenols is 1. The quantitative estimate of drug-likeness (QED) is 0.594. The van der Waals surface area contributed by atoms with Gasteiger partial charge in [-0.05, 0) is 31.5 Å². The Balaban J connectivity index is 0.00000140. The molecule has 0 saturated carbocycles. The average molecular weight is 424 g/mol. The lowest BCUT2D eigenvalue weighted by Gasteiger charge is -2.35. The Bertz CT molecular complexity index is 879. The van der Waals surface area contributed by atoms with Crippen LogP contribution in [0.4, 0.5) is 5.95 Å². The molecule has 0 radical (unpaired) electrons. The van der Waals surface area contributed by atoms with E-state index in [4.69, 9.17) is 0 Å². The fourth-order valence-corrected chi connectivity index (χ4v) is 3.36. The molecule has 2 atom stereocenters. The molecule has 3 aromatic rings. The van der Waals surface area contributed by atoms with Gasteiger partial charge in [-0.15, -0.1) is 35.0 Å². The predicted octanol–water partition coefficient (Wildman–Crippen LogP) is 2.66. The molecule has 1 aliphatic heterocycles. The fraction of sp³-hybridized carbons (Fsp3) is 0.333. The lowest BCUT2D eigenvalue weighted by atomic mass is 10.0. The molecule has 3 N–H and O–H groups in total. The standard InChI is InChI=1S/C18H21N7O.2ClH/c1-11-9-25(10-12(2)22-11)18-19-8-16(23-24-18)15-4-3-13(5-17(15)26)14-6-20-21-7-14;;/h3-8,11-12,22,26H,9-10H2,1-2H3,(H,20,21);2*1H. The van der Waals surface area contributed by atoms with Crippen molar-refractivity contribution in [1.82, 2.24) is 30.7 Å². The van der Waals surface area contributed by atoms with E-state index in [9.17, 15) is 5.11 Å². The molecule has 1 aliphatic rings. The number of H-pyrrole nitrogens is 1. The van der Waals surface area contributed by atoms with Gasteiger partial charge in [0.15, 0.2) is 0 Å². The number of aromatic hydroxyl groups is 1. The maximum absolute atomic E-state index is 10.4. The van der Waals surface area contributed by atoms with Gasteiger partial charge in [0, 0.05) is 42.5 Å². The van der Waals surface area contributed by atoms with Crippen molar-refractivity contribution in [3.05, 3.63) is 36.8 Å². The van der Waals surface area contributed by atoms with Crippen molar-refractivity contribution in [2.75, 3.05) is 18.0 Å². The van der Waals surface area contributed by atoms with Gasteiger partial charge in [-0.3, -0.25) is 5.10 Å². The van der Waals surface area contributed by atoms with Crippen LogP contribution < -0.4 is 10.2 Å². The zero-order chi connectivity index (χ0) is 18.1. The lowest BCUT2D eigenvalue weighted by molar-refractivity contribution is 0.402. The van der Waals surface area contributed by atoms with Crippen molar-refractivity contribution in [1.29, 1.82) is 0 Å². The van der Waals surface area contributed by atoms with E-state index >= 15 is 0 Å². The van der Waals surface area contributed by atoms with Gasteiger partial charge < -0.3 is 15.3 Å². The molecule has 28 heavy (non-hydrogen) atoms. The third kappa shape index (κ3) is 4.52. The van der Waals surface area contributed by atoms with Gasteiger partial charge in [0.05, 0.1) is 12.4 Å². The molecule has 10 heteroatoms. The van der Waals surface area contributed by atoms with Crippen LogP contribution in [0.15, 0.2) is 36.8 Å². The van der Waals surface area contributed by atoms with E-state index in [1.807, 2.05) is 12.1 Å². The molecule has 3 heterocycles. The molecule has 1 aromatic carbocycles. The smallest absolute Gasteiger partial charge is 0.245 e. The Kier molecular flexibility index (Phi) is 7.17. The summed E-state index contributed by atoms with van der Waals surface area (Å²) >= 11 is 0. The van der Waals surface area contributed by atoms with Gasteiger partial charge >= 0.3 is 0 Å². The van der Waals surface area contributed by atoms with Crippen molar-refractivity contribution in [3.8, 4) is 28.1 Å². The second kappa shape index (κ2) is 9.18. The monoisotopic (exact) mass is 423 g/mol. The van der Waals surface area contributed by atoms with E-state index in [0.29, 0.717) is 29.3 Å². The van der Waals surface area contributed by atoms with Gasteiger partial charge in [-0.25, -0.2) is 4.98 Å². The Morgan fingerprint density at radius 2 is 1.79 bits per heavy atom. The Morgan fingerprint density at radius 3 is 2.36 bits per heavy atom. The van der Waals surface area contributed by atoms with E-state index in [1.165, 1.54) is 0 Å². The molecule has 150 valence electrons. The van der Waals surface area contributed by atoms with Crippen molar-refractivity contribution in [3.63, 3.8) is 0 Å². The van der Waals surface area contributed by atoms with E-state index in [2.05, 4.69) is 49.4 Å². The highest BCUT2D eigenvalue weighted by Crippen LogP contribution is 2.31. The average Bonchev–Trinajstić information content (AvgIpc) is 3.16. The molecule has 1 fully saturated rings. The number of aromatic amines is 1. The third-order valence-electron chi connectivity index (χ3n) is 4.50. The van der Waals surface area contributed by atoms with Gasteiger partial charge in [0.1, 0.15) is 11.4 Å². The van der Waals surface area contributed by atoms with Crippen LogP contribution in [0.3, 0.4) is 0 Å². The SMILES string of the molecule is CC1CN(c2ncc(-c3ccc(-c4cn[nH]c4)cc3O)nn2)CC(C)N1.Cl.Cl. The first-order chi connectivity index (χ1) is 12.6. The largest absolute Gasteiger partial charge is 0.507 e. The zero-order valence-corrected chi connectivity index (χ0v) is 17.2. The van der Waals surface area contributed by atoms with Crippen LogP contribution in [0.2, 0.25) is 0 Å². The number of nitrogens with one attached hydrogen (secondary N) is 2. The maximum atomic E-state index is 10.4. The fourth-order valence-electron chi connectivity index (χ4n) is 3.36. The summed E-state index contributed by atoms with van der Waals surface area (Å²) in [5.41, 5.74) is 2.93. The van der Waals surface area contributed by atoms with Crippen LogP contribution in [-0.4, -0.2) is 55.7 Å². The number of phenolic OH excluding ortho intramolecular Hbond substituents is 1. The lowest BCUT2D eigenvalue weighted by Crippen LogP contribution is -2.54. The Morgan fingerprint density at radius 1 is 1.04 bits per heavy atom. The van der Waals surface area contributed by atoms with E-state index in [0.717, 1.165) is 24.2 Å². The van der Waals surface area contributed by atoms with E-state index in [1.54, 1.807) is 24.7 Å². The topological polar surface area (TPSA) is 103 Å². The van der Waals surface area contributed by atoms with Crippen molar-refractivity contribution in [2.24, 2.45) is 0 Å². The normalized spacial score (nSPS) is 18.9. The van der Waals surface area contributed by atoms with Crippen LogP contribution in [0.25, 0.3) is 22.4 Å². The molecule has 8 nitrogen and oxygen atoms in total. The van der Waals surface area contributed by atoms with Gasteiger partial charge in [0.2, 0.25) is 5.95 Å². The van der Waals surface area contributed by atoms with Crippen LogP contribution in [-0.2, 0) is 0 Å². The summed E-state index contributed by atoms with van der Waals surface area (Å²) in [6.45, 7) is 5.97. The van der Waals surface area contributed by atoms with Crippen LogP contribution >= 0.6 is 24.8 Å². The number of piperazine rings is 1. The minimum absolute atomic E-state index is 0. The Labute approximate surface area is 175 Å². The molecule has 0 bridgehead atoms. The van der Waals surface area contributed by atoms with Crippen LogP contribution in [0, 0.1) is 0 Å². The number of benzene rings is 1. The summed E-state index contributed by atoms with van der Waals surface area (Å²) in [5, 5.41) is 29.1. The predicted molar refractivity (Wildman–Crippen MR) is 113 cm³/mol. The zero-order valence-electron chi connectivity index (χ0n) is 15.5. The number of aromatic nitrogens is 5. The van der Waals surface area contributed by atoms with Crippen molar-refractivity contribution in [2.45, 2.75) is 25.9 Å². The van der Waals surface area contributed by atoms with Gasteiger partial charge in [0.25, 0.3) is 0 Å². The highest BCUT2D eigenvalue weighted by Gasteiger charge is 2.23. The molecular weight excluding hydrogens is 401 g/mol. The molecule has 0 amide bonds. The summed E-state index contributed by atoms with van der Waals surface area (Å²) in [6.07, 6.45) is 5.15. The van der Waals surface area contributed by atoms with E-state index in [-0.39, 0.29) is 30.6 Å². The summed E-state index contributed by atoms with van der Waals surface area (Å²) in [6, 6.07) is 6.17. The summed E-state index contributed by atoms with van der Waals surface area (Å²) in [7, 11) is 0. The first-order valence-electron chi connectivity index (χ1n) is 8.63. The van der Waals surface area contributed by atoms with Crippen LogP contribution in [0.5, 0.6) is 5.75 Å². The molecule has 2 aromatic heterocycles. The molecule has 0 spiro atoms. The van der Waals surface area contributed by atoms with E-state index < -0.39 is 0 Å². The Hall–Kier alpha value is -2.42.